The summed E-state index contributed by atoms with van der Waals surface area (Å²) in [5, 5.41) is 3.37. The van der Waals surface area contributed by atoms with Gasteiger partial charge in [0, 0.05) is 43.6 Å². The zero-order chi connectivity index (χ0) is 14.5. The van der Waals surface area contributed by atoms with Crippen molar-refractivity contribution in [3.8, 4) is 5.75 Å². The maximum Gasteiger partial charge on any atom is 0.130 e. The number of hydrogen-bond donors (Lipinski definition) is 1. The molecule has 1 fully saturated rings. The average Bonchev–Trinajstić information content (AvgIpc) is 2.54. The molecule has 2 heterocycles. The van der Waals surface area contributed by atoms with E-state index in [-0.39, 0.29) is 0 Å². The minimum Gasteiger partial charge on any atom is -0.487 e. The van der Waals surface area contributed by atoms with Gasteiger partial charge in [-0.25, -0.2) is 0 Å². The Morgan fingerprint density at radius 3 is 2.76 bits per heavy atom. The zero-order valence-electron chi connectivity index (χ0n) is 12.4. The van der Waals surface area contributed by atoms with Gasteiger partial charge in [0.15, 0.2) is 0 Å². The molecule has 0 radical (unpaired) electrons. The molecule has 0 spiro atoms. The number of anilines is 1. The molecule has 1 aliphatic heterocycles. The lowest BCUT2D eigenvalue weighted by molar-refractivity contribution is 0.301. The molecule has 110 valence electrons. The van der Waals surface area contributed by atoms with Crippen LogP contribution in [0.2, 0.25) is 0 Å². The summed E-state index contributed by atoms with van der Waals surface area (Å²) in [6, 6.07) is 14.3. The highest BCUT2D eigenvalue weighted by atomic mass is 16.5. The first-order valence-electron chi connectivity index (χ1n) is 7.42. The highest BCUT2D eigenvalue weighted by Gasteiger charge is 2.10. The van der Waals surface area contributed by atoms with E-state index < -0.39 is 0 Å². The van der Waals surface area contributed by atoms with Gasteiger partial charge < -0.3 is 15.0 Å². The van der Waals surface area contributed by atoms with Gasteiger partial charge in [-0.05, 0) is 31.2 Å². The predicted octanol–water partition coefficient (Wildman–Crippen LogP) is 2.38. The van der Waals surface area contributed by atoms with Gasteiger partial charge in [-0.2, -0.15) is 0 Å². The third-order valence-electron chi connectivity index (χ3n) is 3.63. The van der Waals surface area contributed by atoms with E-state index in [1.165, 1.54) is 5.69 Å². The van der Waals surface area contributed by atoms with Crippen LogP contribution in [-0.4, -0.2) is 31.2 Å². The molecule has 1 aliphatic rings. The lowest BCUT2D eigenvalue weighted by Crippen LogP contribution is -2.43. The van der Waals surface area contributed by atoms with Gasteiger partial charge >= 0.3 is 0 Å². The average molecular weight is 283 g/mol. The Balaban J connectivity index is 1.65. The van der Waals surface area contributed by atoms with Crippen molar-refractivity contribution in [3.05, 3.63) is 53.9 Å². The van der Waals surface area contributed by atoms with E-state index in [1.54, 1.807) is 0 Å². The molecule has 4 nitrogen and oxygen atoms in total. The standard InChI is InChI=1S/C17H21N3O/c1-14-4-2-5-15(19-14)13-21-17-7-3-6-16(12-17)20-10-8-18-9-11-20/h2-7,12,18H,8-11,13H2,1H3. The Bertz CT molecular complexity index is 594. The van der Waals surface area contributed by atoms with Crippen molar-refractivity contribution < 1.29 is 4.74 Å². The molecular formula is C17H21N3O. The Labute approximate surface area is 125 Å². The van der Waals surface area contributed by atoms with Crippen molar-refractivity contribution >= 4 is 5.69 Å². The third kappa shape index (κ3) is 3.73. The summed E-state index contributed by atoms with van der Waals surface area (Å²) in [5.41, 5.74) is 3.21. The highest BCUT2D eigenvalue weighted by molar-refractivity contribution is 5.51. The molecule has 0 aliphatic carbocycles. The molecule has 2 aromatic rings. The second-order valence-corrected chi connectivity index (χ2v) is 5.29. The fourth-order valence-electron chi connectivity index (χ4n) is 2.53. The molecule has 3 rings (SSSR count). The van der Waals surface area contributed by atoms with Crippen LogP contribution in [0.25, 0.3) is 0 Å². The van der Waals surface area contributed by atoms with Gasteiger partial charge in [-0.15, -0.1) is 0 Å². The third-order valence-corrected chi connectivity index (χ3v) is 3.63. The Kier molecular flexibility index (Phi) is 4.36. The quantitative estimate of drug-likeness (QED) is 0.935. The van der Waals surface area contributed by atoms with Crippen LogP contribution >= 0.6 is 0 Å². The second-order valence-electron chi connectivity index (χ2n) is 5.29. The van der Waals surface area contributed by atoms with E-state index in [0.717, 1.165) is 43.3 Å². The number of ether oxygens (including phenoxy) is 1. The first kappa shape index (κ1) is 13.9. The number of benzene rings is 1. The van der Waals surface area contributed by atoms with Crippen molar-refractivity contribution in [3.63, 3.8) is 0 Å². The van der Waals surface area contributed by atoms with Crippen LogP contribution < -0.4 is 15.0 Å². The normalized spacial score (nSPS) is 15.0. The molecule has 0 atom stereocenters. The van der Waals surface area contributed by atoms with Crippen LogP contribution in [0.3, 0.4) is 0 Å². The molecule has 1 saturated heterocycles. The fraction of sp³-hybridized carbons (Fsp3) is 0.353. The number of aryl methyl sites for hydroxylation is 1. The maximum atomic E-state index is 5.87. The van der Waals surface area contributed by atoms with Crippen molar-refractivity contribution in [1.82, 2.24) is 10.3 Å². The molecule has 21 heavy (non-hydrogen) atoms. The number of pyridine rings is 1. The van der Waals surface area contributed by atoms with Crippen LogP contribution in [-0.2, 0) is 6.61 Å². The summed E-state index contributed by atoms with van der Waals surface area (Å²) >= 11 is 0. The summed E-state index contributed by atoms with van der Waals surface area (Å²) < 4.78 is 5.87. The first-order valence-corrected chi connectivity index (χ1v) is 7.42. The van der Waals surface area contributed by atoms with E-state index in [1.807, 2.05) is 31.2 Å². The van der Waals surface area contributed by atoms with Crippen LogP contribution in [0.5, 0.6) is 5.75 Å². The number of nitrogens with one attached hydrogen (secondary N) is 1. The number of aromatic nitrogens is 1. The molecule has 1 aromatic heterocycles. The van der Waals surface area contributed by atoms with Gasteiger partial charge in [-0.1, -0.05) is 12.1 Å². The molecule has 0 amide bonds. The summed E-state index contributed by atoms with van der Waals surface area (Å²) in [4.78, 5) is 6.84. The molecule has 4 heteroatoms. The predicted molar refractivity (Wildman–Crippen MR) is 84.8 cm³/mol. The van der Waals surface area contributed by atoms with Gasteiger partial charge in [-0.3, -0.25) is 4.98 Å². The van der Waals surface area contributed by atoms with Crippen molar-refractivity contribution in [2.45, 2.75) is 13.5 Å². The van der Waals surface area contributed by atoms with Crippen LogP contribution in [0.15, 0.2) is 42.5 Å². The molecule has 0 bridgehead atoms. The topological polar surface area (TPSA) is 37.4 Å². The molecule has 0 unspecified atom stereocenters. The van der Waals surface area contributed by atoms with Crippen LogP contribution in [0.4, 0.5) is 5.69 Å². The summed E-state index contributed by atoms with van der Waals surface area (Å²) in [5.74, 6) is 0.898. The van der Waals surface area contributed by atoms with Crippen LogP contribution in [0, 0.1) is 6.92 Å². The second kappa shape index (κ2) is 6.59. The van der Waals surface area contributed by atoms with E-state index >= 15 is 0 Å². The fourth-order valence-corrected chi connectivity index (χ4v) is 2.53. The first-order chi connectivity index (χ1) is 10.3. The zero-order valence-corrected chi connectivity index (χ0v) is 12.4. The Morgan fingerprint density at radius 2 is 1.95 bits per heavy atom. The van der Waals surface area contributed by atoms with Gasteiger partial charge in [0.05, 0.1) is 5.69 Å². The number of hydrogen-bond acceptors (Lipinski definition) is 4. The number of nitrogens with zero attached hydrogens (tertiary/aromatic N) is 2. The van der Waals surface area contributed by atoms with Crippen molar-refractivity contribution in [2.24, 2.45) is 0 Å². The lowest BCUT2D eigenvalue weighted by Gasteiger charge is -2.29. The largest absolute Gasteiger partial charge is 0.487 e. The van der Waals surface area contributed by atoms with Crippen molar-refractivity contribution in [1.29, 1.82) is 0 Å². The summed E-state index contributed by atoms with van der Waals surface area (Å²) in [7, 11) is 0. The minimum absolute atomic E-state index is 0.507. The summed E-state index contributed by atoms with van der Waals surface area (Å²) in [6.07, 6.45) is 0. The number of piperazine rings is 1. The smallest absolute Gasteiger partial charge is 0.130 e. The number of rotatable bonds is 4. The van der Waals surface area contributed by atoms with Gasteiger partial charge in [0.25, 0.3) is 0 Å². The highest BCUT2D eigenvalue weighted by Crippen LogP contribution is 2.22. The van der Waals surface area contributed by atoms with E-state index in [4.69, 9.17) is 4.74 Å². The molecule has 1 aromatic carbocycles. The van der Waals surface area contributed by atoms with Crippen molar-refractivity contribution in [2.75, 3.05) is 31.1 Å². The SMILES string of the molecule is Cc1cccc(COc2cccc(N3CCNCC3)c2)n1. The lowest BCUT2D eigenvalue weighted by atomic mass is 10.2. The monoisotopic (exact) mass is 283 g/mol. The van der Waals surface area contributed by atoms with Crippen LogP contribution in [0.1, 0.15) is 11.4 Å². The molecule has 1 N–H and O–H groups in total. The Morgan fingerprint density at radius 1 is 1.14 bits per heavy atom. The van der Waals surface area contributed by atoms with E-state index in [0.29, 0.717) is 6.61 Å². The van der Waals surface area contributed by atoms with Gasteiger partial charge in [0.2, 0.25) is 0 Å². The maximum absolute atomic E-state index is 5.87. The molecular weight excluding hydrogens is 262 g/mol. The summed E-state index contributed by atoms with van der Waals surface area (Å²) in [6.45, 7) is 6.67. The Hall–Kier alpha value is -2.07. The van der Waals surface area contributed by atoms with E-state index in [9.17, 15) is 0 Å². The van der Waals surface area contributed by atoms with Gasteiger partial charge in [0.1, 0.15) is 12.4 Å². The molecule has 0 saturated carbocycles. The minimum atomic E-state index is 0.507. The van der Waals surface area contributed by atoms with E-state index in [2.05, 4.69) is 33.4 Å².